The lowest BCUT2D eigenvalue weighted by molar-refractivity contribution is -0.276. The molecule has 0 amide bonds. The monoisotopic (exact) mass is 237 g/mol. The third-order valence-electron chi connectivity index (χ3n) is 1.78. The van der Waals surface area contributed by atoms with Gasteiger partial charge in [-0.15, -0.1) is 13.2 Å². The van der Waals surface area contributed by atoms with Crippen LogP contribution in [0.1, 0.15) is 11.1 Å². The molecule has 90 valence electrons. The van der Waals surface area contributed by atoms with Crippen LogP contribution >= 0.6 is 0 Å². The van der Waals surface area contributed by atoms with Crippen molar-refractivity contribution in [2.75, 3.05) is 7.11 Å². The topological polar surface area (TPSA) is 51.6 Å². The van der Waals surface area contributed by atoms with Crippen LogP contribution in [0, 0.1) is 6.92 Å². The zero-order valence-corrected chi connectivity index (χ0v) is 8.63. The molecule has 0 atom stereocenters. The lowest BCUT2D eigenvalue weighted by Crippen LogP contribution is -2.19. The SMILES string of the molecule is COc1nc(OC(F)(F)F)c(CO)cc1C. The number of alkyl halides is 3. The van der Waals surface area contributed by atoms with Crippen molar-refractivity contribution in [3.63, 3.8) is 0 Å². The molecule has 0 aliphatic rings. The Morgan fingerprint density at radius 3 is 2.44 bits per heavy atom. The number of hydrogen-bond donors (Lipinski definition) is 1. The van der Waals surface area contributed by atoms with Crippen LogP contribution in [0.3, 0.4) is 0 Å². The van der Waals surface area contributed by atoms with Gasteiger partial charge in [0.2, 0.25) is 11.8 Å². The Hall–Kier alpha value is -1.50. The van der Waals surface area contributed by atoms with Crippen LogP contribution in [0.25, 0.3) is 0 Å². The molecule has 0 spiro atoms. The number of rotatable bonds is 3. The Morgan fingerprint density at radius 2 is 2.00 bits per heavy atom. The summed E-state index contributed by atoms with van der Waals surface area (Å²) in [7, 11) is 1.28. The molecule has 0 saturated heterocycles. The number of aromatic nitrogens is 1. The van der Waals surface area contributed by atoms with Gasteiger partial charge in [0.15, 0.2) is 0 Å². The van der Waals surface area contributed by atoms with Gasteiger partial charge in [-0.25, -0.2) is 0 Å². The molecule has 0 radical (unpaired) electrons. The fourth-order valence-electron chi connectivity index (χ4n) is 1.15. The number of pyridine rings is 1. The Balaban J connectivity index is 3.15. The Bertz CT molecular complexity index is 379. The summed E-state index contributed by atoms with van der Waals surface area (Å²) in [6.07, 6.45) is -4.85. The number of methoxy groups -OCH3 is 1. The van der Waals surface area contributed by atoms with Gasteiger partial charge < -0.3 is 14.6 Å². The van der Waals surface area contributed by atoms with Gasteiger partial charge in [0.1, 0.15) is 0 Å². The first-order valence-corrected chi connectivity index (χ1v) is 4.28. The van der Waals surface area contributed by atoms with Crippen molar-refractivity contribution in [3.8, 4) is 11.8 Å². The summed E-state index contributed by atoms with van der Waals surface area (Å²) < 4.78 is 44.5. The quantitative estimate of drug-likeness (QED) is 0.870. The van der Waals surface area contributed by atoms with Crippen LogP contribution < -0.4 is 9.47 Å². The summed E-state index contributed by atoms with van der Waals surface area (Å²) in [4.78, 5) is 3.52. The summed E-state index contributed by atoms with van der Waals surface area (Å²) in [5.41, 5.74) is 0.469. The van der Waals surface area contributed by atoms with Crippen LogP contribution in [0.2, 0.25) is 0 Å². The molecule has 0 unspecified atom stereocenters. The molecule has 0 fully saturated rings. The van der Waals surface area contributed by atoms with E-state index < -0.39 is 18.8 Å². The van der Waals surface area contributed by atoms with E-state index >= 15 is 0 Å². The normalized spacial score (nSPS) is 11.4. The molecule has 1 N–H and O–H groups in total. The van der Waals surface area contributed by atoms with E-state index in [-0.39, 0.29) is 11.4 Å². The van der Waals surface area contributed by atoms with Crippen molar-refractivity contribution in [1.82, 2.24) is 4.98 Å². The van der Waals surface area contributed by atoms with Crippen molar-refractivity contribution < 1.29 is 27.8 Å². The molecule has 0 saturated carbocycles. The standard InChI is InChI=1S/C9H10F3NO3/c1-5-3-6(4-14)8(13-7(5)15-2)16-9(10,11)12/h3,14H,4H2,1-2H3. The summed E-state index contributed by atoms with van der Waals surface area (Å²) in [5, 5.41) is 8.88. The molecule has 0 aliphatic heterocycles. The third-order valence-corrected chi connectivity index (χ3v) is 1.78. The molecule has 4 nitrogen and oxygen atoms in total. The van der Waals surface area contributed by atoms with Gasteiger partial charge in [-0.1, -0.05) is 0 Å². The van der Waals surface area contributed by atoms with E-state index in [0.29, 0.717) is 5.56 Å². The van der Waals surface area contributed by atoms with E-state index in [4.69, 9.17) is 9.84 Å². The highest BCUT2D eigenvalue weighted by atomic mass is 19.4. The molecular weight excluding hydrogens is 227 g/mol. The summed E-state index contributed by atoms with van der Waals surface area (Å²) in [6, 6.07) is 1.33. The molecule has 0 aliphatic carbocycles. The highest BCUT2D eigenvalue weighted by Crippen LogP contribution is 2.28. The number of aliphatic hydroxyl groups is 1. The zero-order chi connectivity index (χ0) is 12.3. The van der Waals surface area contributed by atoms with E-state index in [0.717, 1.165) is 0 Å². The Kier molecular flexibility index (Phi) is 3.58. The molecule has 16 heavy (non-hydrogen) atoms. The maximum atomic E-state index is 12.0. The zero-order valence-electron chi connectivity index (χ0n) is 8.63. The molecular formula is C9H10F3NO3. The van der Waals surface area contributed by atoms with Crippen LogP contribution in [0.4, 0.5) is 13.2 Å². The number of hydrogen-bond acceptors (Lipinski definition) is 4. The van der Waals surface area contributed by atoms with E-state index in [2.05, 4.69) is 9.72 Å². The second-order valence-corrected chi connectivity index (χ2v) is 2.98. The number of ether oxygens (including phenoxy) is 2. The lowest BCUT2D eigenvalue weighted by Gasteiger charge is -2.13. The Labute approximate surface area is 89.6 Å². The fraction of sp³-hybridized carbons (Fsp3) is 0.444. The molecule has 1 aromatic heterocycles. The van der Waals surface area contributed by atoms with Gasteiger partial charge in [0.25, 0.3) is 0 Å². The lowest BCUT2D eigenvalue weighted by atomic mass is 10.2. The van der Waals surface area contributed by atoms with Crippen LogP contribution in [-0.2, 0) is 6.61 Å². The fourth-order valence-corrected chi connectivity index (χ4v) is 1.15. The van der Waals surface area contributed by atoms with Gasteiger partial charge in [-0.3, -0.25) is 0 Å². The second-order valence-electron chi connectivity index (χ2n) is 2.98. The van der Waals surface area contributed by atoms with E-state index in [1.807, 2.05) is 0 Å². The first kappa shape index (κ1) is 12.6. The third kappa shape index (κ3) is 2.99. The van der Waals surface area contributed by atoms with Crippen LogP contribution in [0.15, 0.2) is 6.07 Å². The highest BCUT2D eigenvalue weighted by Gasteiger charge is 2.33. The molecule has 1 heterocycles. The first-order valence-electron chi connectivity index (χ1n) is 4.28. The van der Waals surface area contributed by atoms with Gasteiger partial charge in [-0.05, 0) is 13.0 Å². The Morgan fingerprint density at radius 1 is 1.38 bits per heavy atom. The number of nitrogens with zero attached hydrogens (tertiary/aromatic N) is 1. The van der Waals surface area contributed by atoms with Gasteiger partial charge >= 0.3 is 6.36 Å². The van der Waals surface area contributed by atoms with Gasteiger partial charge in [0.05, 0.1) is 13.7 Å². The minimum Gasteiger partial charge on any atom is -0.481 e. The van der Waals surface area contributed by atoms with Crippen molar-refractivity contribution in [2.24, 2.45) is 0 Å². The highest BCUT2D eigenvalue weighted by molar-refractivity contribution is 5.36. The molecule has 0 bridgehead atoms. The maximum absolute atomic E-state index is 12.0. The second kappa shape index (κ2) is 4.56. The van der Waals surface area contributed by atoms with Crippen molar-refractivity contribution >= 4 is 0 Å². The van der Waals surface area contributed by atoms with Gasteiger partial charge in [0, 0.05) is 11.1 Å². The average molecular weight is 237 g/mol. The summed E-state index contributed by atoms with van der Waals surface area (Å²) >= 11 is 0. The number of halogens is 3. The van der Waals surface area contributed by atoms with Crippen LogP contribution in [-0.4, -0.2) is 23.6 Å². The first-order chi connectivity index (χ1) is 7.37. The van der Waals surface area contributed by atoms with Crippen molar-refractivity contribution in [2.45, 2.75) is 19.9 Å². The van der Waals surface area contributed by atoms with E-state index in [1.54, 1.807) is 6.92 Å². The van der Waals surface area contributed by atoms with E-state index in [9.17, 15) is 13.2 Å². The van der Waals surface area contributed by atoms with Crippen molar-refractivity contribution in [3.05, 3.63) is 17.2 Å². The number of aliphatic hydroxyl groups excluding tert-OH is 1. The largest absolute Gasteiger partial charge is 0.574 e. The molecule has 7 heteroatoms. The average Bonchev–Trinajstić information content (AvgIpc) is 2.18. The summed E-state index contributed by atoms with van der Waals surface area (Å²) in [6.45, 7) is 1.01. The van der Waals surface area contributed by atoms with Crippen LogP contribution in [0.5, 0.6) is 11.8 Å². The molecule has 1 rings (SSSR count). The minimum atomic E-state index is -4.85. The summed E-state index contributed by atoms with van der Waals surface area (Å²) in [5.74, 6) is -0.672. The maximum Gasteiger partial charge on any atom is 0.574 e. The predicted molar refractivity (Wildman–Crippen MR) is 48.1 cm³/mol. The minimum absolute atomic E-state index is 0.0245. The number of aryl methyl sites for hydroxylation is 1. The smallest absolute Gasteiger partial charge is 0.481 e. The molecule has 1 aromatic rings. The van der Waals surface area contributed by atoms with E-state index in [1.165, 1.54) is 13.2 Å². The predicted octanol–water partition coefficient (Wildman–Crippen LogP) is 1.79. The molecule has 0 aromatic carbocycles. The van der Waals surface area contributed by atoms with Gasteiger partial charge in [-0.2, -0.15) is 4.98 Å². The van der Waals surface area contributed by atoms with Crippen molar-refractivity contribution in [1.29, 1.82) is 0 Å².